The van der Waals surface area contributed by atoms with Crippen molar-refractivity contribution in [2.75, 3.05) is 0 Å². The molecule has 0 saturated heterocycles. The van der Waals surface area contributed by atoms with Gasteiger partial charge in [-0.25, -0.2) is 0 Å². The Balaban J connectivity index is 1.77. The van der Waals surface area contributed by atoms with Crippen molar-refractivity contribution in [1.29, 1.82) is 0 Å². The number of ketones is 1. The van der Waals surface area contributed by atoms with Crippen LogP contribution in [0.1, 0.15) is 68.9 Å². The highest BCUT2D eigenvalue weighted by Crippen LogP contribution is 2.61. The number of Topliss-reactive ketones (excluding diaryl/α,β-unsaturated/α-hetero) is 1. The summed E-state index contributed by atoms with van der Waals surface area (Å²) in [4.78, 5) is 12.3. The minimum Gasteiger partial charge on any atom is -0.508 e. The van der Waals surface area contributed by atoms with Crippen molar-refractivity contribution in [1.82, 2.24) is 0 Å². The van der Waals surface area contributed by atoms with Gasteiger partial charge in [0.05, 0.1) is 0 Å². The van der Waals surface area contributed by atoms with E-state index in [1.165, 1.54) is 17.5 Å². The Kier molecular flexibility index (Phi) is 2.76. The second kappa shape index (κ2) is 4.34. The van der Waals surface area contributed by atoms with Crippen LogP contribution in [0.4, 0.5) is 0 Å². The van der Waals surface area contributed by atoms with Crippen molar-refractivity contribution in [3.63, 3.8) is 0 Å². The van der Waals surface area contributed by atoms with E-state index in [0.29, 0.717) is 35.2 Å². The third-order valence-electron chi connectivity index (χ3n) is 6.77. The first kappa shape index (κ1) is 13.4. The monoisotopic (exact) mass is 284 g/mol. The van der Waals surface area contributed by atoms with Crippen LogP contribution >= 0.6 is 0 Å². The Bertz CT molecular complexity index is 606. The van der Waals surface area contributed by atoms with Gasteiger partial charge in [0, 0.05) is 11.8 Å². The molecule has 0 amide bonds. The van der Waals surface area contributed by atoms with Crippen LogP contribution in [0.15, 0.2) is 18.2 Å². The van der Waals surface area contributed by atoms with Crippen molar-refractivity contribution in [3.8, 4) is 5.75 Å². The van der Waals surface area contributed by atoms with Crippen LogP contribution in [0, 0.1) is 17.3 Å². The number of benzene rings is 1. The molecule has 21 heavy (non-hydrogen) atoms. The van der Waals surface area contributed by atoms with Crippen molar-refractivity contribution in [3.05, 3.63) is 29.3 Å². The lowest BCUT2D eigenvalue weighted by Gasteiger charge is -2.49. The summed E-state index contributed by atoms with van der Waals surface area (Å²) in [5.41, 5.74) is 2.73. The number of hydrogen-bond acceptors (Lipinski definition) is 2. The van der Waals surface area contributed by atoms with Crippen LogP contribution in [0.5, 0.6) is 5.75 Å². The minimum atomic E-state index is -0.0463. The van der Waals surface area contributed by atoms with E-state index in [0.717, 1.165) is 25.7 Å². The van der Waals surface area contributed by atoms with E-state index in [-0.39, 0.29) is 5.41 Å². The summed E-state index contributed by atoms with van der Waals surface area (Å²) in [5.74, 6) is 3.22. The van der Waals surface area contributed by atoms with Crippen LogP contribution in [0.2, 0.25) is 0 Å². The van der Waals surface area contributed by atoms with Crippen molar-refractivity contribution in [2.45, 2.75) is 57.8 Å². The van der Waals surface area contributed by atoms with Crippen LogP contribution in [-0.2, 0) is 4.79 Å². The molecule has 0 aromatic heterocycles. The number of carbonyl (C=O) groups is 1. The first-order valence-corrected chi connectivity index (χ1v) is 8.37. The number of carbonyl (C=O) groups excluding carboxylic acids is 1. The Morgan fingerprint density at radius 1 is 1.24 bits per heavy atom. The van der Waals surface area contributed by atoms with E-state index in [4.69, 9.17) is 0 Å². The summed E-state index contributed by atoms with van der Waals surface area (Å²) in [6, 6.07) is 5.93. The van der Waals surface area contributed by atoms with Gasteiger partial charge in [-0.2, -0.15) is 0 Å². The summed E-state index contributed by atoms with van der Waals surface area (Å²) in [5, 5.41) is 9.78. The maximum absolute atomic E-state index is 12.3. The molecule has 5 atom stereocenters. The zero-order valence-electron chi connectivity index (χ0n) is 12.9. The molecule has 1 aromatic rings. The fourth-order valence-corrected chi connectivity index (χ4v) is 5.64. The molecule has 2 saturated carbocycles. The van der Waals surface area contributed by atoms with Gasteiger partial charge < -0.3 is 5.11 Å². The SMILES string of the molecule is C[C@H]1C[C@@H]2C(CC[C@]3(C)C(=O)CCC23)c2ccc(O)cc21. The lowest BCUT2D eigenvalue weighted by molar-refractivity contribution is -0.129. The molecule has 2 nitrogen and oxygen atoms in total. The van der Waals surface area contributed by atoms with Crippen LogP contribution in [-0.4, -0.2) is 10.9 Å². The highest BCUT2D eigenvalue weighted by atomic mass is 16.3. The first-order valence-electron chi connectivity index (χ1n) is 8.37. The normalized spacial score (nSPS) is 41.3. The van der Waals surface area contributed by atoms with E-state index < -0.39 is 0 Å². The molecule has 3 aliphatic rings. The smallest absolute Gasteiger partial charge is 0.139 e. The molecule has 1 aromatic carbocycles. The van der Waals surface area contributed by atoms with E-state index in [1.54, 1.807) is 0 Å². The number of hydrogen-bond donors (Lipinski definition) is 1. The van der Waals surface area contributed by atoms with Gasteiger partial charge in [-0.05, 0) is 72.6 Å². The number of fused-ring (bicyclic) bond motifs is 5. The van der Waals surface area contributed by atoms with Crippen LogP contribution in [0.3, 0.4) is 0 Å². The average Bonchev–Trinajstić information content (AvgIpc) is 2.76. The lowest BCUT2D eigenvalue weighted by Crippen LogP contribution is -2.42. The number of phenols is 1. The number of phenolic OH excluding ortho intramolecular Hbond substituents is 1. The van der Waals surface area contributed by atoms with Gasteiger partial charge in [-0.15, -0.1) is 0 Å². The zero-order valence-corrected chi connectivity index (χ0v) is 12.9. The molecule has 1 N–H and O–H groups in total. The van der Waals surface area contributed by atoms with Crippen molar-refractivity contribution in [2.24, 2.45) is 17.3 Å². The number of rotatable bonds is 0. The Morgan fingerprint density at radius 2 is 2.05 bits per heavy atom. The summed E-state index contributed by atoms with van der Waals surface area (Å²) >= 11 is 0. The second-order valence-corrected chi connectivity index (χ2v) is 7.74. The third kappa shape index (κ3) is 1.74. The fraction of sp³-hybridized carbons (Fsp3) is 0.632. The minimum absolute atomic E-state index is 0.0463. The van der Waals surface area contributed by atoms with Crippen LogP contribution in [0.25, 0.3) is 0 Å². The van der Waals surface area contributed by atoms with E-state index >= 15 is 0 Å². The maximum Gasteiger partial charge on any atom is 0.139 e. The highest BCUT2D eigenvalue weighted by molar-refractivity contribution is 5.87. The van der Waals surface area contributed by atoms with Gasteiger partial charge in [0.15, 0.2) is 0 Å². The number of aromatic hydroxyl groups is 1. The predicted octanol–water partition coefficient (Wildman–Crippen LogP) is 4.38. The van der Waals surface area contributed by atoms with Crippen LogP contribution < -0.4 is 0 Å². The average molecular weight is 284 g/mol. The molecule has 0 spiro atoms. The summed E-state index contributed by atoms with van der Waals surface area (Å²) < 4.78 is 0. The van der Waals surface area contributed by atoms with Gasteiger partial charge in [0.2, 0.25) is 0 Å². The van der Waals surface area contributed by atoms with Crippen molar-refractivity contribution < 1.29 is 9.90 Å². The topological polar surface area (TPSA) is 37.3 Å². The van der Waals surface area contributed by atoms with Gasteiger partial charge in [0.25, 0.3) is 0 Å². The van der Waals surface area contributed by atoms with Gasteiger partial charge in [-0.3, -0.25) is 4.79 Å². The molecule has 2 heteroatoms. The van der Waals surface area contributed by atoms with Gasteiger partial charge in [0.1, 0.15) is 11.5 Å². The van der Waals surface area contributed by atoms with E-state index in [1.807, 2.05) is 12.1 Å². The molecular formula is C19H24O2. The molecule has 0 radical (unpaired) electrons. The highest BCUT2D eigenvalue weighted by Gasteiger charge is 2.55. The summed E-state index contributed by atoms with van der Waals surface area (Å²) in [6.45, 7) is 4.50. The molecule has 112 valence electrons. The first-order chi connectivity index (χ1) is 10.0. The summed E-state index contributed by atoms with van der Waals surface area (Å²) in [6.07, 6.45) is 5.24. The Hall–Kier alpha value is -1.31. The molecule has 0 heterocycles. The molecule has 2 unspecified atom stereocenters. The third-order valence-corrected chi connectivity index (χ3v) is 6.77. The molecule has 0 aliphatic heterocycles. The van der Waals surface area contributed by atoms with E-state index in [9.17, 15) is 9.90 Å². The fourth-order valence-electron chi connectivity index (χ4n) is 5.64. The lowest BCUT2D eigenvalue weighted by atomic mass is 9.54. The summed E-state index contributed by atoms with van der Waals surface area (Å²) in [7, 11) is 0. The van der Waals surface area contributed by atoms with E-state index in [2.05, 4.69) is 19.9 Å². The Morgan fingerprint density at radius 3 is 2.86 bits per heavy atom. The molecule has 0 bridgehead atoms. The quantitative estimate of drug-likeness (QED) is 0.767. The maximum atomic E-state index is 12.3. The molecular weight excluding hydrogens is 260 g/mol. The predicted molar refractivity (Wildman–Crippen MR) is 82.4 cm³/mol. The standard InChI is InChI=1S/C19H24O2/c1-11-9-16-14(13-4-3-12(20)10-15(11)13)7-8-19(2)17(16)5-6-18(19)21/h3-4,10-11,14,16-17,20H,5-9H2,1-2H3/t11-,14?,16+,17?,19-/m0/s1. The van der Waals surface area contributed by atoms with Crippen molar-refractivity contribution >= 4 is 5.78 Å². The zero-order chi connectivity index (χ0) is 14.8. The molecule has 3 aliphatic carbocycles. The Labute approximate surface area is 126 Å². The van der Waals surface area contributed by atoms with Gasteiger partial charge >= 0.3 is 0 Å². The molecule has 4 rings (SSSR count). The second-order valence-electron chi connectivity index (χ2n) is 7.74. The largest absolute Gasteiger partial charge is 0.508 e. The molecule has 2 fully saturated rings. The van der Waals surface area contributed by atoms with Gasteiger partial charge in [-0.1, -0.05) is 19.9 Å².